The molecule has 1 N–H and O–H groups in total. The van der Waals surface area contributed by atoms with Gasteiger partial charge in [-0.1, -0.05) is 0 Å². The summed E-state index contributed by atoms with van der Waals surface area (Å²) in [6.07, 6.45) is 0.837. The Bertz CT molecular complexity index is 704. The number of alkyl halides is 3. The maximum Gasteiger partial charge on any atom is 0.416 e. The number of carbonyl (C=O) groups is 1. The van der Waals surface area contributed by atoms with Crippen molar-refractivity contribution >= 4 is 17.7 Å². The fourth-order valence-electron chi connectivity index (χ4n) is 2.11. The van der Waals surface area contributed by atoms with Gasteiger partial charge >= 0.3 is 12.1 Å². The molecule has 0 aliphatic heterocycles. The second-order valence-corrected chi connectivity index (χ2v) is 5.16. The molecule has 0 bridgehead atoms. The number of methoxy groups -OCH3 is 1. The van der Waals surface area contributed by atoms with Gasteiger partial charge < -0.3 is 9.84 Å². The first-order chi connectivity index (χ1) is 10.6. The molecule has 9 heteroatoms. The van der Waals surface area contributed by atoms with Gasteiger partial charge in [0.15, 0.2) is 5.82 Å². The fourth-order valence-corrected chi connectivity index (χ4v) is 2.11. The van der Waals surface area contributed by atoms with Crippen LogP contribution in [-0.4, -0.2) is 44.7 Å². The maximum atomic E-state index is 13.0. The lowest BCUT2D eigenvalue weighted by Gasteiger charge is -2.30. The summed E-state index contributed by atoms with van der Waals surface area (Å²) >= 11 is 0. The number of hydrogen-bond acceptors (Lipinski definition) is 4. The molecule has 6 nitrogen and oxygen atoms in total. The second-order valence-electron chi connectivity index (χ2n) is 5.16. The summed E-state index contributed by atoms with van der Waals surface area (Å²) in [6, 6.07) is 0. The van der Waals surface area contributed by atoms with Crippen molar-refractivity contribution in [2.45, 2.75) is 25.1 Å². The molecule has 124 valence electrons. The Morgan fingerprint density at radius 2 is 2.22 bits per heavy atom. The van der Waals surface area contributed by atoms with Crippen LogP contribution in [-0.2, 0) is 9.53 Å². The number of halogens is 3. The normalized spacial score (nSPS) is 22.1. The topological polar surface area (TPSA) is 77.2 Å². The smallest absolute Gasteiger partial charge is 0.416 e. The van der Waals surface area contributed by atoms with Gasteiger partial charge in [-0.3, -0.25) is 0 Å². The van der Waals surface area contributed by atoms with Crippen molar-refractivity contribution in [2.24, 2.45) is 0 Å². The van der Waals surface area contributed by atoms with Crippen LogP contribution in [0.25, 0.3) is 11.8 Å². The van der Waals surface area contributed by atoms with Crippen LogP contribution < -0.4 is 0 Å². The molecular formula is C14H14F3N3O3. The van der Waals surface area contributed by atoms with Crippen molar-refractivity contribution < 1.29 is 27.8 Å². The molecule has 1 heterocycles. The highest BCUT2D eigenvalue weighted by molar-refractivity contribution is 5.82. The Hall–Kier alpha value is -2.42. The number of hydrogen-bond donors (Lipinski definition) is 1. The first-order valence-corrected chi connectivity index (χ1v) is 6.51. The van der Waals surface area contributed by atoms with Gasteiger partial charge in [0, 0.05) is 31.4 Å². The van der Waals surface area contributed by atoms with Gasteiger partial charge in [0.1, 0.15) is 6.33 Å². The lowest BCUT2D eigenvalue weighted by molar-refractivity contribution is -0.131. The van der Waals surface area contributed by atoms with Crippen LogP contribution >= 0.6 is 0 Å². The number of allylic oxidation sites excluding steroid dienone is 2. The molecule has 1 aromatic heterocycles. The van der Waals surface area contributed by atoms with Crippen LogP contribution in [0.1, 0.15) is 19.2 Å². The number of nitrogens with zero attached hydrogens (tertiary/aromatic N) is 3. The molecular weight excluding hydrogens is 315 g/mol. The minimum Gasteiger partial charge on any atom is -0.478 e. The second kappa shape index (κ2) is 5.99. The van der Waals surface area contributed by atoms with Gasteiger partial charge in [-0.25, -0.2) is 14.5 Å². The Balaban J connectivity index is 2.37. The monoisotopic (exact) mass is 329 g/mol. The van der Waals surface area contributed by atoms with Crippen molar-refractivity contribution in [3.05, 3.63) is 36.0 Å². The van der Waals surface area contributed by atoms with E-state index in [9.17, 15) is 18.0 Å². The average Bonchev–Trinajstić information content (AvgIpc) is 2.92. The maximum absolute atomic E-state index is 13.0. The molecule has 1 atom stereocenters. The van der Waals surface area contributed by atoms with E-state index in [1.165, 1.54) is 20.4 Å². The number of carboxylic acid groups (broad SMARTS) is 1. The van der Waals surface area contributed by atoms with Gasteiger partial charge in [-0.05, 0) is 19.1 Å². The highest BCUT2D eigenvalue weighted by Crippen LogP contribution is 2.39. The first-order valence-electron chi connectivity index (χ1n) is 6.51. The van der Waals surface area contributed by atoms with Gasteiger partial charge in [-0.2, -0.15) is 13.2 Å². The minimum absolute atomic E-state index is 0.0816. The standard InChI is InChI=1S/C14H14F3N3O3/c1-13(23-2)6-9(5-10(7-13)14(15,16)17)12-18-8-20(19-12)4-3-11(21)22/h3-5,7-8H,6H2,1-2H3,(H,21,22)/b4-3-. The molecule has 0 saturated heterocycles. The van der Waals surface area contributed by atoms with Crippen molar-refractivity contribution in [1.82, 2.24) is 14.8 Å². The summed E-state index contributed by atoms with van der Waals surface area (Å²) < 4.78 is 45.4. The molecule has 0 spiro atoms. The summed E-state index contributed by atoms with van der Waals surface area (Å²) in [4.78, 5) is 14.4. The van der Waals surface area contributed by atoms with Crippen LogP contribution in [0.15, 0.2) is 30.1 Å². The first kappa shape index (κ1) is 16.9. The third kappa shape index (κ3) is 4.07. The van der Waals surface area contributed by atoms with Crippen LogP contribution in [0, 0.1) is 0 Å². The number of ether oxygens (including phenoxy) is 1. The zero-order valence-electron chi connectivity index (χ0n) is 12.3. The lowest BCUT2D eigenvalue weighted by Crippen LogP contribution is -2.30. The van der Waals surface area contributed by atoms with Crippen LogP contribution in [0.5, 0.6) is 0 Å². The number of rotatable bonds is 4. The summed E-state index contributed by atoms with van der Waals surface area (Å²) in [5.41, 5.74) is -1.70. The molecule has 1 aliphatic rings. The number of carboxylic acids is 1. The minimum atomic E-state index is -4.52. The van der Waals surface area contributed by atoms with E-state index >= 15 is 0 Å². The van der Waals surface area contributed by atoms with Crippen LogP contribution in [0.2, 0.25) is 0 Å². The van der Waals surface area contributed by atoms with Gasteiger partial charge in [0.25, 0.3) is 0 Å². The van der Waals surface area contributed by atoms with Crippen molar-refractivity contribution in [1.29, 1.82) is 0 Å². The summed E-state index contributed by atoms with van der Waals surface area (Å²) in [5.74, 6) is -1.09. The zero-order valence-corrected chi connectivity index (χ0v) is 12.3. The molecule has 0 fully saturated rings. The Morgan fingerprint density at radius 3 is 2.78 bits per heavy atom. The van der Waals surface area contributed by atoms with Crippen molar-refractivity contribution in [3.63, 3.8) is 0 Å². The Kier molecular flexibility index (Phi) is 4.42. The Morgan fingerprint density at radius 1 is 1.52 bits per heavy atom. The average molecular weight is 329 g/mol. The van der Waals surface area contributed by atoms with Gasteiger partial charge in [0.05, 0.1) is 11.2 Å². The van der Waals surface area contributed by atoms with Crippen LogP contribution in [0.3, 0.4) is 0 Å². The van der Waals surface area contributed by atoms with Gasteiger partial charge in [0.2, 0.25) is 0 Å². The molecule has 0 radical (unpaired) electrons. The van der Waals surface area contributed by atoms with E-state index in [1.54, 1.807) is 0 Å². The Labute approximate surface area is 129 Å². The summed E-state index contributed by atoms with van der Waals surface area (Å²) in [6.45, 7) is 1.53. The SMILES string of the molecule is COC1(C)C=C(C(F)(F)F)C=C(c2ncn(/C=C\C(=O)O)n2)C1. The van der Waals surface area contributed by atoms with E-state index in [0.717, 1.165) is 29.1 Å². The van der Waals surface area contributed by atoms with E-state index in [4.69, 9.17) is 9.84 Å². The highest BCUT2D eigenvalue weighted by atomic mass is 19.4. The molecule has 2 rings (SSSR count). The molecule has 0 aromatic carbocycles. The molecule has 0 saturated carbocycles. The lowest BCUT2D eigenvalue weighted by atomic mass is 9.87. The van der Waals surface area contributed by atoms with E-state index in [-0.39, 0.29) is 17.8 Å². The summed E-state index contributed by atoms with van der Waals surface area (Å²) in [7, 11) is 1.33. The summed E-state index contributed by atoms with van der Waals surface area (Å²) in [5, 5.41) is 12.5. The zero-order chi connectivity index (χ0) is 17.3. The van der Waals surface area contributed by atoms with E-state index in [1.807, 2.05) is 0 Å². The van der Waals surface area contributed by atoms with Crippen molar-refractivity contribution in [2.75, 3.05) is 7.11 Å². The molecule has 23 heavy (non-hydrogen) atoms. The van der Waals surface area contributed by atoms with E-state index in [0.29, 0.717) is 0 Å². The van der Waals surface area contributed by atoms with E-state index < -0.39 is 23.3 Å². The van der Waals surface area contributed by atoms with Crippen LogP contribution in [0.4, 0.5) is 13.2 Å². The van der Waals surface area contributed by atoms with E-state index in [2.05, 4.69) is 10.1 Å². The molecule has 1 aromatic rings. The van der Waals surface area contributed by atoms with Crippen molar-refractivity contribution in [3.8, 4) is 0 Å². The number of aromatic nitrogens is 3. The third-order valence-electron chi connectivity index (χ3n) is 3.29. The molecule has 1 unspecified atom stereocenters. The molecule has 0 amide bonds. The molecule has 1 aliphatic carbocycles. The quantitative estimate of drug-likeness (QED) is 0.859. The number of aliphatic carboxylic acids is 1. The fraction of sp³-hybridized carbons (Fsp3) is 0.357. The predicted octanol–water partition coefficient (Wildman–Crippen LogP) is 2.51. The largest absolute Gasteiger partial charge is 0.478 e. The highest BCUT2D eigenvalue weighted by Gasteiger charge is 2.39. The van der Waals surface area contributed by atoms with Gasteiger partial charge in [-0.15, -0.1) is 5.10 Å². The third-order valence-corrected chi connectivity index (χ3v) is 3.29. The predicted molar refractivity (Wildman–Crippen MR) is 75.1 cm³/mol.